The van der Waals surface area contributed by atoms with E-state index in [1.807, 2.05) is 6.07 Å². The van der Waals surface area contributed by atoms with E-state index in [4.69, 9.17) is 17.3 Å². The van der Waals surface area contributed by atoms with E-state index in [2.05, 4.69) is 5.32 Å². The van der Waals surface area contributed by atoms with Crippen molar-refractivity contribution in [2.45, 2.75) is 13.5 Å². The predicted molar refractivity (Wildman–Crippen MR) is 76.3 cm³/mol. The Morgan fingerprint density at radius 2 is 2.21 bits per heavy atom. The number of nitrogens with one attached hydrogen (secondary N) is 1. The fraction of sp³-hybridized carbons (Fsp3) is 0.154. The molecule has 100 valence electrons. The summed E-state index contributed by atoms with van der Waals surface area (Å²) in [5, 5.41) is 3.08. The Morgan fingerprint density at radius 1 is 1.47 bits per heavy atom. The molecule has 0 bridgehead atoms. The molecule has 6 heteroatoms. The third-order valence-electron chi connectivity index (χ3n) is 2.71. The molecule has 0 unspecified atom stereocenters. The minimum absolute atomic E-state index is 0.148. The Hall–Kier alpha value is -1.59. The maximum atomic E-state index is 13.7. The number of hydrogen-bond acceptors (Lipinski definition) is 3. The Bertz CT molecular complexity index is 627. The first kappa shape index (κ1) is 13.8. The van der Waals surface area contributed by atoms with Gasteiger partial charge >= 0.3 is 0 Å². The molecule has 2 rings (SSSR count). The van der Waals surface area contributed by atoms with Crippen molar-refractivity contribution in [3.05, 3.63) is 50.4 Å². The predicted octanol–water partition coefficient (Wildman–Crippen LogP) is 3.56. The van der Waals surface area contributed by atoms with E-state index < -0.39 is 11.7 Å². The summed E-state index contributed by atoms with van der Waals surface area (Å²) in [6, 6.07) is 6.39. The van der Waals surface area contributed by atoms with Gasteiger partial charge in [-0.15, -0.1) is 11.3 Å². The number of benzene rings is 1. The van der Waals surface area contributed by atoms with Crippen LogP contribution in [0.25, 0.3) is 0 Å². The lowest BCUT2D eigenvalue weighted by molar-refractivity contribution is 0.1000. The molecule has 3 N–H and O–H groups in total. The lowest BCUT2D eigenvalue weighted by Crippen LogP contribution is -2.12. The highest BCUT2D eigenvalue weighted by molar-refractivity contribution is 7.16. The molecule has 0 aliphatic rings. The molecule has 0 radical (unpaired) electrons. The molecule has 2 aromatic rings. The van der Waals surface area contributed by atoms with E-state index in [-0.39, 0.29) is 5.56 Å². The van der Waals surface area contributed by atoms with Gasteiger partial charge in [0.2, 0.25) is 5.91 Å². The first-order valence-corrected chi connectivity index (χ1v) is 6.75. The Labute approximate surface area is 119 Å². The van der Waals surface area contributed by atoms with Gasteiger partial charge in [0.1, 0.15) is 5.82 Å². The number of hydrogen-bond donors (Lipinski definition) is 2. The van der Waals surface area contributed by atoms with Crippen LogP contribution in [0.15, 0.2) is 24.3 Å². The lowest BCUT2D eigenvalue weighted by atomic mass is 10.1. The summed E-state index contributed by atoms with van der Waals surface area (Å²) in [5.74, 6) is -1.11. The van der Waals surface area contributed by atoms with Gasteiger partial charge in [-0.25, -0.2) is 4.39 Å². The monoisotopic (exact) mass is 298 g/mol. The zero-order valence-electron chi connectivity index (χ0n) is 10.2. The molecule has 1 aromatic heterocycles. The maximum Gasteiger partial charge on any atom is 0.248 e. The number of rotatable bonds is 4. The summed E-state index contributed by atoms with van der Waals surface area (Å²) in [6.07, 6.45) is 0. The minimum Gasteiger partial charge on any atom is -0.380 e. The first-order chi connectivity index (χ1) is 8.97. The summed E-state index contributed by atoms with van der Waals surface area (Å²) < 4.78 is 14.4. The van der Waals surface area contributed by atoms with E-state index in [9.17, 15) is 9.18 Å². The Kier molecular flexibility index (Phi) is 4.07. The molecule has 1 aromatic carbocycles. The highest BCUT2D eigenvalue weighted by Gasteiger charge is 2.10. The van der Waals surface area contributed by atoms with Gasteiger partial charge in [0.05, 0.1) is 4.34 Å². The molecule has 1 amide bonds. The summed E-state index contributed by atoms with van der Waals surface area (Å²) in [7, 11) is 0. The molecule has 3 nitrogen and oxygen atoms in total. The summed E-state index contributed by atoms with van der Waals surface area (Å²) in [4.78, 5) is 12.1. The van der Waals surface area contributed by atoms with Crippen molar-refractivity contribution < 1.29 is 9.18 Å². The first-order valence-electron chi connectivity index (χ1n) is 5.55. The second-order valence-electron chi connectivity index (χ2n) is 4.05. The quantitative estimate of drug-likeness (QED) is 0.907. The number of primary amides is 1. The van der Waals surface area contributed by atoms with Crippen LogP contribution in [0.3, 0.4) is 0 Å². The zero-order valence-corrected chi connectivity index (χ0v) is 11.7. The van der Waals surface area contributed by atoms with Crippen LogP contribution in [0.2, 0.25) is 4.34 Å². The van der Waals surface area contributed by atoms with E-state index >= 15 is 0 Å². The fourth-order valence-electron chi connectivity index (χ4n) is 1.63. The molecule has 0 spiro atoms. The van der Waals surface area contributed by atoms with Gasteiger partial charge in [0.15, 0.2) is 0 Å². The van der Waals surface area contributed by atoms with Gasteiger partial charge < -0.3 is 11.1 Å². The molecule has 0 saturated heterocycles. The van der Waals surface area contributed by atoms with Gasteiger partial charge in [0.25, 0.3) is 0 Å². The molecule has 19 heavy (non-hydrogen) atoms. The molecule has 0 atom stereocenters. The van der Waals surface area contributed by atoms with E-state index in [0.717, 1.165) is 10.9 Å². The van der Waals surface area contributed by atoms with Crippen LogP contribution in [-0.4, -0.2) is 5.91 Å². The van der Waals surface area contributed by atoms with Crippen LogP contribution in [0.5, 0.6) is 0 Å². The standard InChI is InChI=1S/C13H12ClFN2OS/c1-7-10(15)4-8(13(16)18)5-11(7)17-6-9-2-3-12(14)19-9/h2-5,17H,6H2,1H3,(H2,16,18). The van der Waals surface area contributed by atoms with E-state index in [0.29, 0.717) is 22.1 Å². The van der Waals surface area contributed by atoms with Crippen LogP contribution >= 0.6 is 22.9 Å². The Balaban J connectivity index is 2.21. The van der Waals surface area contributed by atoms with Crippen molar-refractivity contribution in [1.82, 2.24) is 0 Å². The number of halogens is 2. The number of carbonyl (C=O) groups excluding carboxylic acids is 1. The van der Waals surface area contributed by atoms with Gasteiger partial charge in [-0.2, -0.15) is 0 Å². The molecule has 0 fully saturated rings. The van der Waals surface area contributed by atoms with Gasteiger partial charge in [0, 0.05) is 28.2 Å². The lowest BCUT2D eigenvalue weighted by Gasteiger charge is -2.11. The number of thiophene rings is 1. The summed E-state index contributed by atoms with van der Waals surface area (Å²) in [5.41, 5.74) is 6.32. The van der Waals surface area contributed by atoms with Crippen molar-refractivity contribution in [3.8, 4) is 0 Å². The van der Waals surface area contributed by atoms with Crippen molar-refractivity contribution >= 4 is 34.5 Å². The second kappa shape index (κ2) is 5.59. The van der Waals surface area contributed by atoms with Crippen molar-refractivity contribution in [3.63, 3.8) is 0 Å². The van der Waals surface area contributed by atoms with Crippen molar-refractivity contribution in [2.24, 2.45) is 5.73 Å². The number of amides is 1. The number of carbonyl (C=O) groups is 1. The smallest absolute Gasteiger partial charge is 0.248 e. The molecular weight excluding hydrogens is 287 g/mol. The molecule has 0 saturated carbocycles. The topological polar surface area (TPSA) is 55.1 Å². The van der Waals surface area contributed by atoms with Crippen molar-refractivity contribution in [1.29, 1.82) is 0 Å². The summed E-state index contributed by atoms with van der Waals surface area (Å²) >= 11 is 7.28. The van der Waals surface area contributed by atoms with Gasteiger partial charge in [-0.1, -0.05) is 11.6 Å². The molecular formula is C13H12ClFN2OS. The number of nitrogens with two attached hydrogens (primary N) is 1. The third kappa shape index (κ3) is 3.24. The van der Waals surface area contributed by atoms with Crippen LogP contribution in [0, 0.1) is 12.7 Å². The maximum absolute atomic E-state index is 13.7. The van der Waals surface area contributed by atoms with Crippen molar-refractivity contribution in [2.75, 3.05) is 5.32 Å². The highest BCUT2D eigenvalue weighted by atomic mass is 35.5. The number of anilines is 1. The van der Waals surface area contributed by atoms with Crippen LogP contribution in [-0.2, 0) is 6.54 Å². The van der Waals surface area contributed by atoms with Crippen LogP contribution in [0.4, 0.5) is 10.1 Å². The average Bonchev–Trinajstić information content (AvgIpc) is 2.76. The molecule has 0 aliphatic carbocycles. The van der Waals surface area contributed by atoms with Crippen LogP contribution in [0.1, 0.15) is 20.8 Å². The third-order valence-corrected chi connectivity index (χ3v) is 3.94. The zero-order chi connectivity index (χ0) is 14.0. The SMILES string of the molecule is Cc1c(F)cc(C(N)=O)cc1NCc1ccc(Cl)s1. The van der Waals surface area contributed by atoms with E-state index in [1.165, 1.54) is 11.3 Å². The summed E-state index contributed by atoms with van der Waals surface area (Å²) in [6.45, 7) is 2.16. The second-order valence-corrected chi connectivity index (χ2v) is 5.85. The van der Waals surface area contributed by atoms with Crippen LogP contribution < -0.4 is 11.1 Å². The molecule has 0 aliphatic heterocycles. The average molecular weight is 299 g/mol. The van der Waals surface area contributed by atoms with E-state index in [1.54, 1.807) is 19.1 Å². The Morgan fingerprint density at radius 3 is 2.79 bits per heavy atom. The highest BCUT2D eigenvalue weighted by Crippen LogP contribution is 2.25. The minimum atomic E-state index is -0.652. The molecule has 1 heterocycles. The van der Waals surface area contributed by atoms with Gasteiger partial charge in [-0.3, -0.25) is 4.79 Å². The largest absolute Gasteiger partial charge is 0.380 e. The fourth-order valence-corrected chi connectivity index (χ4v) is 2.66. The van der Waals surface area contributed by atoms with Gasteiger partial charge in [-0.05, 0) is 31.2 Å². The normalized spacial score (nSPS) is 10.5.